The van der Waals surface area contributed by atoms with Gasteiger partial charge in [0.25, 0.3) is 0 Å². The Kier molecular flexibility index (Phi) is 8.73. The van der Waals surface area contributed by atoms with E-state index >= 15 is 0 Å². The van der Waals surface area contributed by atoms with Crippen molar-refractivity contribution in [2.24, 2.45) is 0 Å². The van der Waals surface area contributed by atoms with Crippen LogP contribution in [0.4, 0.5) is 0 Å². The number of rotatable bonds is 2. The van der Waals surface area contributed by atoms with E-state index < -0.39 is 11.9 Å². The zero-order valence-corrected chi connectivity index (χ0v) is 21.1. The first-order chi connectivity index (χ1) is 14.2. The first-order valence-electron chi connectivity index (χ1n) is 8.45. The number of carboxylic acid groups (broad SMARTS) is 2. The van der Waals surface area contributed by atoms with Crippen LogP contribution in [0.1, 0.15) is 20.7 Å². The van der Waals surface area contributed by atoms with Crippen molar-refractivity contribution >= 4 is 103 Å². The summed E-state index contributed by atoms with van der Waals surface area (Å²) in [5.74, 6) is -3.37. The van der Waals surface area contributed by atoms with Crippen LogP contribution in [0.5, 0.6) is 11.5 Å². The zero-order chi connectivity index (χ0) is 22.0. The Morgan fingerprint density at radius 2 is 1.00 bits per heavy atom. The van der Waals surface area contributed by atoms with Gasteiger partial charge in [0, 0.05) is 11.1 Å². The summed E-state index contributed by atoms with van der Waals surface area (Å²) < 4.78 is 0.750. The average molecular weight is 572 g/mol. The summed E-state index contributed by atoms with van der Waals surface area (Å²) in [7, 11) is 0. The predicted octanol–water partition coefficient (Wildman–Crippen LogP) is 2.96. The number of aromatic carboxylic acids is 2. The summed E-state index contributed by atoms with van der Waals surface area (Å²) in [6.07, 6.45) is 0. The molecule has 6 nitrogen and oxygen atoms in total. The second-order valence-corrected chi connectivity index (χ2v) is 7.78. The maximum absolute atomic E-state index is 10.7. The van der Waals surface area contributed by atoms with E-state index in [2.05, 4.69) is 31.9 Å². The molecule has 152 valence electrons. The minimum atomic E-state index is -1.39. The number of benzene rings is 4. The van der Waals surface area contributed by atoms with E-state index in [4.69, 9.17) is 0 Å². The minimum Gasteiger partial charge on any atom is -0.545 e. The second kappa shape index (κ2) is 10.7. The minimum absolute atomic E-state index is 0. The molecule has 0 atom stereocenters. The van der Waals surface area contributed by atoms with Crippen LogP contribution in [0.15, 0.2) is 69.6 Å². The summed E-state index contributed by atoms with van der Waals surface area (Å²) in [5, 5.41) is 43.7. The van der Waals surface area contributed by atoms with Crippen molar-refractivity contribution in [2.75, 3.05) is 0 Å². The van der Waals surface area contributed by atoms with Crippen molar-refractivity contribution in [3.8, 4) is 11.5 Å². The number of fused-ring (bicyclic) bond motifs is 2. The molecule has 0 saturated carbocycles. The molecule has 0 aliphatic rings. The molecule has 0 amide bonds. The monoisotopic (exact) mass is 570 g/mol. The molecule has 4 aromatic rings. The molecule has 31 heavy (non-hydrogen) atoms. The molecule has 0 saturated heterocycles. The topological polar surface area (TPSA) is 121 Å². The van der Waals surface area contributed by atoms with Gasteiger partial charge in [-0.05, 0) is 65.5 Å². The number of carbonyl (C=O) groups is 2. The van der Waals surface area contributed by atoms with Crippen molar-refractivity contribution in [2.45, 2.75) is 0 Å². The Labute approximate surface area is 223 Å². The van der Waals surface area contributed by atoms with Crippen LogP contribution in [-0.4, -0.2) is 59.9 Å². The van der Waals surface area contributed by atoms with Gasteiger partial charge in [0.05, 0.1) is 20.9 Å². The van der Waals surface area contributed by atoms with Crippen LogP contribution in [0.3, 0.4) is 0 Å². The summed E-state index contributed by atoms with van der Waals surface area (Å²) >= 11 is 6.32. The fourth-order valence-electron chi connectivity index (χ4n) is 2.90. The van der Waals surface area contributed by atoms with Crippen LogP contribution >= 0.6 is 31.9 Å². The Balaban J connectivity index is 0.000000213. The molecule has 4 rings (SSSR count). The second-order valence-electron chi connectivity index (χ2n) is 6.19. The van der Waals surface area contributed by atoms with Crippen LogP contribution in [0, 0.1) is 0 Å². The first-order valence-corrected chi connectivity index (χ1v) is 10.0. The van der Waals surface area contributed by atoms with E-state index in [0.717, 1.165) is 21.5 Å². The smallest absolute Gasteiger partial charge is 0.545 e. The summed E-state index contributed by atoms with van der Waals surface area (Å²) in [5.41, 5.74) is -0.416. The van der Waals surface area contributed by atoms with Gasteiger partial charge in [0.1, 0.15) is 11.5 Å². The summed E-state index contributed by atoms with van der Waals surface area (Å²) in [6.45, 7) is 0. The van der Waals surface area contributed by atoms with E-state index in [-0.39, 0.29) is 60.4 Å². The molecule has 0 aliphatic carbocycles. The number of carboxylic acids is 2. The van der Waals surface area contributed by atoms with E-state index in [9.17, 15) is 30.0 Å². The van der Waals surface area contributed by atoms with Crippen LogP contribution < -0.4 is 10.2 Å². The number of hydrogen-bond acceptors (Lipinski definition) is 6. The van der Waals surface area contributed by atoms with Crippen molar-refractivity contribution in [3.63, 3.8) is 0 Å². The Morgan fingerprint density at radius 3 is 1.32 bits per heavy atom. The molecule has 0 aliphatic heterocycles. The standard InChI is InChI=1S/2C11H7BrO3.Ca/c2*12-9-7-4-2-1-3-6(7)5-8(10(9)13)11(14)15;/h2*1-5,13H,(H,14,15);/q;;+2/p-2. The maximum atomic E-state index is 10.7. The Morgan fingerprint density at radius 1 is 0.677 bits per heavy atom. The normalized spacial score (nSPS) is 10.1. The van der Waals surface area contributed by atoms with Gasteiger partial charge in [-0.2, -0.15) is 0 Å². The Hall–Kier alpha value is -1.84. The summed E-state index contributed by atoms with van der Waals surface area (Å²) in [6, 6.07) is 17.1. The fraction of sp³-hybridized carbons (Fsp3) is 0. The van der Waals surface area contributed by atoms with Crippen LogP contribution in [0.25, 0.3) is 21.5 Å². The molecule has 0 unspecified atom stereocenters. The van der Waals surface area contributed by atoms with Gasteiger partial charge >= 0.3 is 37.7 Å². The van der Waals surface area contributed by atoms with Crippen molar-refractivity contribution in [1.82, 2.24) is 0 Å². The van der Waals surface area contributed by atoms with E-state index in [0.29, 0.717) is 8.95 Å². The van der Waals surface area contributed by atoms with Gasteiger partial charge in [-0.25, -0.2) is 0 Å². The molecule has 0 bridgehead atoms. The third kappa shape index (κ3) is 5.32. The molecule has 0 radical (unpaired) electrons. The largest absolute Gasteiger partial charge is 2.00 e. The summed E-state index contributed by atoms with van der Waals surface area (Å²) in [4.78, 5) is 21.5. The third-order valence-electron chi connectivity index (χ3n) is 4.36. The van der Waals surface area contributed by atoms with Gasteiger partial charge in [0.2, 0.25) is 0 Å². The van der Waals surface area contributed by atoms with Crippen LogP contribution in [0.2, 0.25) is 0 Å². The molecule has 9 heteroatoms. The van der Waals surface area contributed by atoms with Crippen LogP contribution in [-0.2, 0) is 0 Å². The van der Waals surface area contributed by atoms with E-state index in [1.807, 2.05) is 12.1 Å². The molecule has 0 heterocycles. The molecule has 4 aromatic carbocycles. The molecular weight excluding hydrogens is 560 g/mol. The molecule has 2 N–H and O–H groups in total. The van der Waals surface area contributed by atoms with Gasteiger partial charge in [0.15, 0.2) is 0 Å². The third-order valence-corrected chi connectivity index (χ3v) is 5.97. The predicted molar refractivity (Wildman–Crippen MR) is 121 cm³/mol. The number of phenols is 2. The number of carbonyl (C=O) groups excluding carboxylic acids is 2. The Bertz CT molecular complexity index is 1210. The molecule has 0 fully saturated rings. The zero-order valence-electron chi connectivity index (χ0n) is 15.8. The number of halogens is 2. The maximum Gasteiger partial charge on any atom is 2.00 e. The fourth-order valence-corrected chi connectivity index (χ4v) is 4.05. The average Bonchev–Trinajstić information content (AvgIpc) is 2.73. The first kappa shape index (κ1) is 25.4. The number of aromatic hydroxyl groups is 2. The molecule has 0 aromatic heterocycles. The number of hydrogen-bond donors (Lipinski definition) is 2. The van der Waals surface area contributed by atoms with Crippen molar-refractivity contribution < 1.29 is 30.0 Å². The van der Waals surface area contributed by atoms with Crippen molar-refractivity contribution in [3.05, 3.63) is 80.7 Å². The van der Waals surface area contributed by atoms with Gasteiger partial charge in [-0.15, -0.1) is 0 Å². The van der Waals surface area contributed by atoms with Gasteiger partial charge in [-0.3, -0.25) is 0 Å². The van der Waals surface area contributed by atoms with Gasteiger partial charge < -0.3 is 30.0 Å². The van der Waals surface area contributed by atoms with Crippen molar-refractivity contribution in [1.29, 1.82) is 0 Å². The molecular formula is C22H12Br2CaO6. The van der Waals surface area contributed by atoms with E-state index in [1.54, 1.807) is 36.4 Å². The van der Waals surface area contributed by atoms with Gasteiger partial charge in [-0.1, -0.05) is 48.5 Å². The molecule has 0 spiro atoms. The quantitative estimate of drug-likeness (QED) is 0.357. The SMILES string of the molecule is O=C([O-])c1cc2ccccc2c(Br)c1O.O=C([O-])c1cc2ccccc2c(Br)c1O.[Ca+2]. The van der Waals surface area contributed by atoms with E-state index in [1.165, 1.54) is 12.1 Å².